The number of carbonyl (C=O) groups is 1. The van der Waals surface area contributed by atoms with Crippen LogP contribution in [0.2, 0.25) is 0 Å². The van der Waals surface area contributed by atoms with Crippen molar-refractivity contribution >= 4 is 11.6 Å². The van der Waals surface area contributed by atoms with Crippen LogP contribution in [0.5, 0.6) is 0 Å². The number of carbonyl (C=O) groups excluding carboxylic acids is 1. The van der Waals surface area contributed by atoms with E-state index in [1.807, 2.05) is 30.3 Å². The minimum Gasteiger partial charge on any atom is -0.339 e. The lowest BCUT2D eigenvalue weighted by atomic mass is 10.2. The predicted molar refractivity (Wildman–Crippen MR) is 108 cm³/mol. The van der Waals surface area contributed by atoms with Crippen molar-refractivity contribution in [2.24, 2.45) is 0 Å². The molecule has 3 heterocycles. The van der Waals surface area contributed by atoms with Crippen LogP contribution in [-0.4, -0.2) is 36.2 Å². The van der Waals surface area contributed by atoms with Crippen molar-refractivity contribution in [2.45, 2.75) is 31.6 Å². The van der Waals surface area contributed by atoms with Crippen LogP contribution in [0.25, 0.3) is 22.8 Å². The number of aromatic amines is 1. The van der Waals surface area contributed by atoms with Gasteiger partial charge in [0.25, 0.3) is 0 Å². The van der Waals surface area contributed by atoms with Gasteiger partial charge in [0.15, 0.2) is 5.82 Å². The molecule has 0 atom stereocenters. The lowest BCUT2D eigenvalue weighted by Crippen LogP contribution is -2.12. The smallest absolute Gasteiger partial charge is 0.227 e. The summed E-state index contributed by atoms with van der Waals surface area (Å²) in [6, 6.07) is 11.2. The Hall–Kier alpha value is -3.88. The number of H-pyrrole nitrogens is 1. The Balaban J connectivity index is 1.19. The van der Waals surface area contributed by atoms with Gasteiger partial charge in [-0.1, -0.05) is 17.3 Å². The number of rotatable bonds is 7. The predicted octanol–water partition coefficient (Wildman–Crippen LogP) is 3.37. The molecule has 1 aliphatic carbocycles. The van der Waals surface area contributed by atoms with E-state index in [1.54, 1.807) is 18.5 Å². The largest absolute Gasteiger partial charge is 0.339 e. The summed E-state index contributed by atoms with van der Waals surface area (Å²) in [7, 11) is 0. The minimum atomic E-state index is -0.137. The van der Waals surface area contributed by atoms with Gasteiger partial charge in [-0.15, -0.1) is 0 Å². The molecule has 5 rings (SSSR count). The normalized spacial score (nSPS) is 13.3. The fraction of sp³-hybridized carbons (Fsp3) is 0.238. The first-order chi connectivity index (χ1) is 14.7. The van der Waals surface area contributed by atoms with Gasteiger partial charge in [-0.2, -0.15) is 10.1 Å². The number of nitrogens with one attached hydrogen (secondary N) is 2. The number of anilines is 1. The Kier molecular flexibility index (Phi) is 4.76. The maximum Gasteiger partial charge on any atom is 0.227 e. The molecule has 9 heteroatoms. The second-order valence-corrected chi connectivity index (χ2v) is 7.20. The molecule has 0 spiro atoms. The molecule has 3 aromatic heterocycles. The van der Waals surface area contributed by atoms with Gasteiger partial charge < -0.3 is 9.84 Å². The summed E-state index contributed by atoms with van der Waals surface area (Å²) in [6.07, 6.45) is 6.24. The first kappa shape index (κ1) is 18.2. The van der Waals surface area contributed by atoms with Crippen LogP contribution in [0.3, 0.4) is 0 Å². The fourth-order valence-corrected chi connectivity index (χ4v) is 3.09. The van der Waals surface area contributed by atoms with E-state index >= 15 is 0 Å². The molecular weight excluding hydrogens is 382 g/mol. The quantitative estimate of drug-likeness (QED) is 0.487. The Morgan fingerprint density at radius 1 is 1.13 bits per heavy atom. The molecule has 150 valence electrons. The van der Waals surface area contributed by atoms with Gasteiger partial charge in [0.05, 0.1) is 0 Å². The molecule has 2 N–H and O–H groups in total. The molecule has 0 radical (unpaired) electrons. The summed E-state index contributed by atoms with van der Waals surface area (Å²) in [5, 5.41) is 14.1. The van der Waals surface area contributed by atoms with E-state index in [4.69, 9.17) is 4.52 Å². The van der Waals surface area contributed by atoms with Crippen molar-refractivity contribution < 1.29 is 9.32 Å². The molecule has 1 fully saturated rings. The van der Waals surface area contributed by atoms with Crippen LogP contribution in [-0.2, 0) is 11.2 Å². The minimum absolute atomic E-state index is 0.137. The van der Waals surface area contributed by atoms with E-state index in [9.17, 15) is 4.79 Å². The average Bonchev–Trinajstić information content (AvgIpc) is 3.32. The molecule has 1 aliphatic rings. The molecule has 9 nitrogen and oxygen atoms in total. The molecule has 0 aliphatic heterocycles. The van der Waals surface area contributed by atoms with E-state index < -0.39 is 0 Å². The third-order valence-corrected chi connectivity index (χ3v) is 4.83. The SMILES string of the molecule is O=C(CCc1nc(-c2cccnc2)no1)Nc1cccc(-c2n[nH]c(C3CC3)n2)c1. The Morgan fingerprint density at radius 2 is 2.03 bits per heavy atom. The highest BCUT2D eigenvalue weighted by molar-refractivity contribution is 5.91. The Morgan fingerprint density at radius 3 is 2.87 bits per heavy atom. The van der Waals surface area contributed by atoms with E-state index in [2.05, 4.69) is 35.6 Å². The topological polar surface area (TPSA) is 122 Å². The van der Waals surface area contributed by atoms with Crippen molar-refractivity contribution in [1.82, 2.24) is 30.3 Å². The number of aromatic nitrogens is 6. The summed E-state index contributed by atoms with van der Waals surface area (Å²) >= 11 is 0. The van der Waals surface area contributed by atoms with Gasteiger partial charge in [0, 0.05) is 48.0 Å². The van der Waals surface area contributed by atoms with Gasteiger partial charge in [-0.25, -0.2) is 4.98 Å². The summed E-state index contributed by atoms with van der Waals surface area (Å²) < 4.78 is 5.23. The number of hydrogen-bond acceptors (Lipinski definition) is 7. The van der Waals surface area contributed by atoms with Gasteiger partial charge in [0.1, 0.15) is 5.82 Å². The van der Waals surface area contributed by atoms with Crippen molar-refractivity contribution in [1.29, 1.82) is 0 Å². The number of amides is 1. The van der Waals surface area contributed by atoms with E-state index in [-0.39, 0.29) is 12.3 Å². The van der Waals surface area contributed by atoms with Crippen molar-refractivity contribution in [3.8, 4) is 22.8 Å². The van der Waals surface area contributed by atoms with Crippen LogP contribution in [0, 0.1) is 0 Å². The summed E-state index contributed by atoms with van der Waals surface area (Å²) in [5.74, 6) is 2.82. The summed E-state index contributed by atoms with van der Waals surface area (Å²) in [4.78, 5) is 25.3. The van der Waals surface area contributed by atoms with Crippen LogP contribution in [0.4, 0.5) is 5.69 Å². The van der Waals surface area contributed by atoms with Crippen LogP contribution in [0.15, 0.2) is 53.3 Å². The number of hydrogen-bond donors (Lipinski definition) is 2. The highest BCUT2D eigenvalue weighted by atomic mass is 16.5. The highest BCUT2D eigenvalue weighted by Gasteiger charge is 2.27. The molecule has 4 aromatic rings. The number of benzene rings is 1. The van der Waals surface area contributed by atoms with Gasteiger partial charge in [-0.05, 0) is 37.1 Å². The van der Waals surface area contributed by atoms with E-state index in [0.717, 1.165) is 29.8 Å². The monoisotopic (exact) mass is 401 g/mol. The van der Waals surface area contributed by atoms with Crippen LogP contribution >= 0.6 is 0 Å². The highest BCUT2D eigenvalue weighted by Crippen LogP contribution is 2.38. The number of nitrogens with zero attached hydrogens (tertiary/aromatic N) is 5. The van der Waals surface area contributed by atoms with Crippen LogP contribution in [0.1, 0.15) is 36.9 Å². The fourth-order valence-electron chi connectivity index (χ4n) is 3.09. The lowest BCUT2D eigenvalue weighted by Gasteiger charge is -2.05. The van der Waals surface area contributed by atoms with E-state index in [0.29, 0.717) is 35.6 Å². The second kappa shape index (κ2) is 7.86. The Labute approximate surface area is 172 Å². The average molecular weight is 401 g/mol. The molecule has 1 aromatic carbocycles. The first-order valence-corrected chi connectivity index (χ1v) is 9.80. The number of aryl methyl sites for hydroxylation is 1. The van der Waals surface area contributed by atoms with E-state index in [1.165, 1.54) is 0 Å². The zero-order valence-electron chi connectivity index (χ0n) is 16.1. The van der Waals surface area contributed by atoms with Gasteiger partial charge in [-0.3, -0.25) is 14.9 Å². The molecule has 0 unspecified atom stereocenters. The Bertz CT molecular complexity index is 1160. The standard InChI is InChI=1S/C21H19N7O2/c29-17(8-9-18-24-21(28-30-18)15-4-2-10-22-12-15)23-16-5-1-3-14(11-16)20-25-19(26-27-20)13-6-7-13/h1-5,10-13H,6-9H2,(H,23,29)(H,25,26,27). The lowest BCUT2D eigenvalue weighted by molar-refractivity contribution is -0.116. The van der Waals surface area contributed by atoms with Gasteiger partial charge in [0.2, 0.25) is 17.6 Å². The van der Waals surface area contributed by atoms with Crippen LogP contribution < -0.4 is 5.32 Å². The molecule has 1 saturated carbocycles. The van der Waals surface area contributed by atoms with Crippen molar-refractivity contribution in [3.05, 3.63) is 60.5 Å². The first-order valence-electron chi connectivity index (χ1n) is 9.80. The molecule has 1 amide bonds. The zero-order valence-corrected chi connectivity index (χ0v) is 16.1. The summed E-state index contributed by atoms with van der Waals surface area (Å²) in [5.41, 5.74) is 2.32. The molecular formula is C21H19N7O2. The number of pyridine rings is 1. The van der Waals surface area contributed by atoms with Crippen molar-refractivity contribution in [2.75, 3.05) is 5.32 Å². The maximum absolute atomic E-state index is 12.4. The maximum atomic E-state index is 12.4. The zero-order chi connectivity index (χ0) is 20.3. The van der Waals surface area contributed by atoms with Crippen molar-refractivity contribution in [3.63, 3.8) is 0 Å². The molecule has 0 saturated heterocycles. The van der Waals surface area contributed by atoms with Gasteiger partial charge >= 0.3 is 0 Å². The third-order valence-electron chi connectivity index (χ3n) is 4.83. The summed E-state index contributed by atoms with van der Waals surface area (Å²) in [6.45, 7) is 0. The molecule has 0 bridgehead atoms. The second-order valence-electron chi connectivity index (χ2n) is 7.20. The molecule has 30 heavy (non-hydrogen) atoms. The third kappa shape index (κ3) is 4.09.